The summed E-state index contributed by atoms with van der Waals surface area (Å²) in [6, 6.07) is 9.47. The number of aryl methyl sites for hydroxylation is 2. The molecule has 0 aliphatic rings. The zero-order valence-corrected chi connectivity index (χ0v) is 15.0. The Hall–Kier alpha value is -2.01. The van der Waals surface area contributed by atoms with E-state index in [2.05, 4.69) is 22.0 Å². The largest absolute Gasteiger partial charge is 0.493 e. The molecule has 2 aromatic rings. The van der Waals surface area contributed by atoms with E-state index in [-0.39, 0.29) is 0 Å². The van der Waals surface area contributed by atoms with Crippen molar-refractivity contribution in [2.75, 3.05) is 20.3 Å². The molecule has 4 nitrogen and oxygen atoms in total. The predicted molar refractivity (Wildman–Crippen MR) is 93.0 cm³/mol. The summed E-state index contributed by atoms with van der Waals surface area (Å²) in [6.45, 7) is 4.74. The number of hydrogen-bond acceptors (Lipinski definition) is 4. The van der Waals surface area contributed by atoms with Crippen molar-refractivity contribution in [1.29, 1.82) is 0 Å². The van der Waals surface area contributed by atoms with Gasteiger partial charge in [-0.15, -0.1) is 0 Å². The van der Waals surface area contributed by atoms with Gasteiger partial charge in [-0.2, -0.15) is 0 Å². The fourth-order valence-electron chi connectivity index (χ4n) is 2.24. The average Bonchev–Trinajstić information content (AvgIpc) is 2.53. The SMILES string of the molecule is COc1cc(Br)cc(C=O)c1OCCOc1ccc(C)cc1C. The van der Waals surface area contributed by atoms with Crippen LogP contribution in [0.2, 0.25) is 0 Å². The molecule has 0 radical (unpaired) electrons. The minimum Gasteiger partial charge on any atom is -0.493 e. The normalized spacial score (nSPS) is 10.3. The fraction of sp³-hybridized carbons (Fsp3) is 0.278. The van der Waals surface area contributed by atoms with E-state index in [9.17, 15) is 4.79 Å². The van der Waals surface area contributed by atoms with Crippen molar-refractivity contribution in [3.05, 3.63) is 51.5 Å². The third kappa shape index (κ3) is 4.48. The molecule has 0 fully saturated rings. The van der Waals surface area contributed by atoms with E-state index >= 15 is 0 Å². The lowest BCUT2D eigenvalue weighted by molar-refractivity contribution is 0.111. The number of methoxy groups -OCH3 is 1. The molecule has 5 heteroatoms. The second-order valence-corrected chi connectivity index (χ2v) is 6.03. The Morgan fingerprint density at radius 2 is 1.78 bits per heavy atom. The van der Waals surface area contributed by atoms with Crippen LogP contribution in [0, 0.1) is 13.8 Å². The van der Waals surface area contributed by atoms with Gasteiger partial charge in [0.2, 0.25) is 0 Å². The molecule has 0 saturated carbocycles. The molecule has 0 aliphatic carbocycles. The van der Waals surface area contributed by atoms with Crippen molar-refractivity contribution in [3.63, 3.8) is 0 Å². The third-order valence-electron chi connectivity index (χ3n) is 3.31. The highest BCUT2D eigenvalue weighted by Gasteiger charge is 2.12. The van der Waals surface area contributed by atoms with Crippen LogP contribution in [-0.4, -0.2) is 26.6 Å². The summed E-state index contributed by atoms with van der Waals surface area (Å²) in [6.07, 6.45) is 0.744. The minimum absolute atomic E-state index is 0.312. The number of ether oxygens (including phenoxy) is 3. The number of carbonyl (C=O) groups is 1. The fourth-order valence-corrected chi connectivity index (χ4v) is 2.69. The van der Waals surface area contributed by atoms with Gasteiger partial charge in [-0.3, -0.25) is 4.79 Å². The lowest BCUT2D eigenvalue weighted by atomic mass is 10.1. The first-order valence-corrected chi connectivity index (χ1v) is 8.00. The number of hydrogen-bond donors (Lipinski definition) is 0. The Morgan fingerprint density at radius 3 is 2.43 bits per heavy atom. The molecule has 0 aliphatic heterocycles. The van der Waals surface area contributed by atoms with Gasteiger partial charge in [0.1, 0.15) is 19.0 Å². The number of rotatable bonds is 7. The van der Waals surface area contributed by atoms with Gasteiger partial charge in [0.05, 0.1) is 12.7 Å². The minimum atomic E-state index is 0.312. The Kier molecular flexibility index (Phi) is 6.04. The van der Waals surface area contributed by atoms with Crippen molar-refractivity contribution in [1.82, 2.24) is 0 Å². The topological polar surface area (TPSA) is 44.8 Å². The van der Waals surface area contributed by atoms with Gasteiger partial charge in [-0.1, -0.05) is 33.6 Å². The van der Waals surface area contributed by atoms with Gasteiger partial charge in [0.15, 0.2) is 17.8 Å². The maximum absolute atomic E-state index is 11.2. The molecule has 2 rings (SSSR count). The zero-order chi connectivity index (χ0) is 16.8. The highest BCUT2D eigenvalue weighted by Crippen LogP contribution is 2.34. The van der Waals surface area contributed by atoms with Crippen LogP contribution in [0.4, 0.5) is 0 Å². The van der Waals surface area contributed by atoms with Crippen LogP contribution in [0.25, 0.3) is 0 Å². The number of carbonyl (C=O) groups excluding carboxylic acids is 1. The van der Waals surface area contributed by atoms with Crippen molar-refractivity contribution in [2.45, 2.75) is 13.8 Å². The molecule has 0 amide bonds. The van der Waals surface area contributed by atoms with E-state index in [1.165, 1.54) is 12.7 Å². The van der Waals surface area contributed by atoms with Gasteiger partial charge in [0.25, 0.3) is 0 Å². The number of halogens is 1. The van der Waals surface area contributed by atoms with Gasteiger partial charge in [0, 0.05) is 4.47 Å². The van der Waals surface area contributed by atoms with Crippen LogP contribution in [-0.2, 0) is 0 Å². The van der Waals surface area contributed by atoms with Crippen LogP contribution in [0.5, 0.6) is 17.2 Å². The lowest BCUT2D eigenvalue weighted by Crippen LogP contribution is -2.11. The third-order valence-corrected chi connectivity index (χ3v) is 3.77. The Labute approximate surface area is 144 Å². The highest BCUT2D eigenvalue weighted by atomic mass is 79.9. The van der Waals surface area contributed by atoms with Crippen molar-refractivity contribution < 1.29 is 19.0 Å². The van der Waals surface area contributed by atoms with Gasteiger partial charge in [-0.25, -0.2) is 0 Å². The highest BCUT2D eigenvalue weighted by molar-refractivity contribution is 9.10. The molecule has 0 spiro atoms. The summed E-state index contributed by atoms with van der Waals surface area (Å²) in [5, 5.41) is 0. The Bertz CT molecular complexity index is 698. The number of aldehydes is 1. The van der Waals surface area contributed by atoms with Crippen LogP contribution in [0.3, 0.4) is 0 Å². The molecular weight excluding hydrogens is 360 g/mol. The molecule has 122 valence electrons. The quantitative estimate of drug-likeness (QED) is 0.530. The van der Waals surface area contributed by atoms with Gasteiger partial charge < -0.3 is 14.2 Å². The lowest BCUT2D eigenvalue weighted by Gasteiger charge is -2.14. The summed E-state index contributed by atoms with van der Waals surface area (Å²) in [5.41, 5.74) is 2.71. The molecule has 0 atom stereocenters. The first-order chi connectivity index (χ1) is 11.0. The van der Waals surface area contributed by atoms with Crippen LogP contribution in [0.15, 0.2) is 34.8 Å². The van der Waals surface area contributed by atoms with Crippen molar-refractivity contribution >= 4 is 22.2 Å². The van der Waals surface area contributed by atoms with Crippen molar-refractivity contribution in [2.24, 2.45) is 0 Å². The second-order valence-electron chi connectivity index (χ2n) is 5.11. The second kappa shape index (κ2) is 8.02. The summed E-state index contributed by atoms with van der Waals surface area (Å²) in [5.74, 6) is 1.76. The first-order valence-electron chi connectivity index (χ1n) is 7.20. The van der Waals surface area contributed by atoms with E-state index in [4.69, 9.17) is 14.2 Å². The Morgan fingerprint density at radius 1 is 1.04 bits per heavy atom. The van der Waals surface area contributed by atoms with E-state index in [1.54, 1.807) is 12.1 Å². The molecule has 0 bridgehead atoms. The molecule has 0 aromatic heterocycles. The molecule has 0 heterocycles. The van der Waals surface area contributed by atoms with Gasteiger partial charge in [-0.05, 0) is 37.6 Å². The Balaban J connectivity index is 2.00. The van der Waals surface area contributed by atoms with Crippen LogP contribution < -0.4 is 14.2 Å². The molecule has 0 unspecified atom stereocenters. The predicted octanol–water partition coefficient (Wildman–Crippen LogP) is 4.34. The summed E-state index contributed by atoms with van der Waals surface area (Å²) in [7, 11) is 1.54. The van der Waals surface area contributed by atoms with E-state index in [0.717, 1.165) is 22.1 Å². The molecule has 2 aromatic carbocycles. The molecule has 0 saturated heterocycles. The van der Waals surface area contributed by atoms with E-state index in [1.807, 2.05) is 26.0 Å². The van der Waals surface area contributed by atoms with Gasteiger partial charge >= 0.3 is 0 Å². The summed E-state index contributed by atoms with van der Waals surface area (Å²) in [4.78, 5) is 11.2. The average molecular weight is 379 g/mol. The standard InChI is InChI=1S/C18H19BrO4/c1-12-4-5-16(13(2)8-12)22-6-7-23-18-14(11-20)9-15(19)10-17(18)21-3/h4-5,8-11H,6-7H2,1-3H3. The smallest absolute Gasteiger partial charge is 0.171 e. The molecule has 0 N–H and O–H groups in total. The summed E-state index contributed by atoms with van der Waals surface area (Å²) < 4.78 is 17.4. The van der Waals surface area contributed by atoms with Crippen LogP contribution in [0.1, 0.15) is 21.5 Å². The molecule has 23 heavy (non-hydrogen) atoms. The zero-order valence-electron chi connectivity index (χ0n) is 13.4. The maximum Gasteiger partial charge on any atom is 0.171 e. The summed E-state index contributed by atoms with van der Waals surface area (Å²) >= 11 is 3.34. The maximum atomic E-state index is 11.2. The number of benzene rings is 2. The first kappa shape index (κ1) is 17.3. The van der Waals surface area contributed by atoms with E-state index in [0.29, 0.717) is 30.3 Å². The van der Waals surface area contributed by atoms with Crippen LogP contribution >= 0.6 is 15.9 Å². The monoisotopic (exact) mass is 378 g/mol. The van der Waals surface area contributed by atoms with Crippen molar-refractivity contribution in [3.8, 4) is 17.2 Å². The van der Waals surface area contributed by atoms with E-state index < -0.39 is 0 Å². The molecular formula is C18H19BrO4.